The molecule has 0 aromatic carbocycles. The Morgan fingerprint density at radius 2 is 2.42 bits per heavy atom. The summed E-state index contributed by atoms with van der Waals surface area (Å²) in [6.45, 7) is 4.17. The molecule has 2 unspecified atom stereocenters. The van der Waals surface area contributed by atoms with Crippen molar-refractivity contribution in [3.63, 3.8) is 0 Å². The van der Waals surface area contributed by atoms with Crippen molar-refractivity contribution in [3.8, 4) is 0 Å². The maximum atomic E-state index is 6.07. The van der Waals surface area contributed by atoms with Gasteiger partial charge >= 0.3 is 0 Å². The fraction of sp³-hybridized carbons (Fsp3) is 0.733. The first-order valence-corrected chi connectivity index (χ1v) is 9.01. The summed E-state index contributed by atoms with van der Waals surface area (Å²) < 4.78 is 7.33. The van der Waals surface area contributed by atoms with E-state index in [1.165, 1.54) is 41.5 Å². The zero-order valence-corrected chi connectivity index (χ0v) is 13.9. The number of ether oxygens (including phenoxy) is 1. The van der Waals surface area contributed by atoms with Crippen LogP contribution in [0.1, 0.15) is 49.9 Å². The topological polar surface area (TPSA) is 21.3 Å². The van der Waals surface area contributed by atoms with Gasteiger partial charge in [0.2, 0.25) is 0 Å². The molecule has 1 saturated carbocycles. The van der Waals surface area contributed by atoms with Gasteiger partial charge in [-0.2, -0.15) is 0 Å². The van der Waals surface area contributed by atoms with Crippen molar-refractivity contribution in [2.75, 3.05) is 13.2 Å². The van der Waals surface area contributed by atoms with Crippen LogP contribution in [0.15, 0.2) is 15.9 Å². The minimum Gasteiger partial charge on any atom is -0.375 e. The minimum atomic E-state index is 0.236. The molecule has 1 spiro atoms. The van der Waals surface area contributed by atoms with Gasteiger partial charge in [0.25, 0.3) is 0 Å². The smallest absolute Gasteiger partial charge is 0.0686 e. The third-order valence-electron chi connectivity index (χ3n) is 4.62. The molecule has 2 nitrogen and oxygen atoms in total. The Hall–Kier alpha value is 0.1000. The van der Waals surface area contributed by atoms with Crippen LogP contribution in [0.4, 0.5) is 0 Å². The van der Waals surface area contributed by atoms with Gasteiger partial charge in [0.1, 0.15) is 0 Å². The van der Waals surface area contributed by atoms with Crippen LogP contribution in [0, 0.1) is 5.92 Å². The molecule has 1 aliphatic carbocycles. The van der Waals surface area contributed by atoms with E-state index in [2.05, 4.69) is 39.6 Å². The molecule has 19 heavy (non-hydrogen) atoms. The van der Waals surface area contributed by atoms with Gasteiger partial charge in [0.15, 0.2) is 0 Å². The number of halogens is 1. The molecule has 1 aliphatic heterocycles. The Balaban J connectivity index is 1.78. The summed E-state index contributed by atoms with van der Waals surface area (Å²) in [7, 11) is 0. The lowest BCUT2D eigenvalue weighted by atomic mass is 9.70. The summed E-state index contributed by atoms with van der Waals surface area (Å²) in [5.41, 5.74) is 0.236. The van der Waals surface area contributed by atoms with Gasteiger partial charge in [0.05, 0.1) is 5.60 Å². The molecule has 1 saturated heterocycles. The SMILES string of the molecule is CCNC(c1sccc1Br)C1CCOC2(CCC2)C1. The minimum absolute atomic E-state index is 0.236. The fourth-order valence-electron chi connectivity index (χ4n) is 3.49. The van der Waals surface area contributed by atoms with E-state index in [0.717, 1.165) is 13.2 Å². The number of thiophene rings is 1. The van der Waals surface area contributed by atoms with Crippen molar-refractivity contribution in [1.82, 2.24) is 5.32 Å². The molecule has 2 atom stereocenters. The molecule has 0 amide bonds. The number of rotatable bonds is 4. The summed E-state index contributed by atoms with van der Waals surface area (Å²) in [6, 6.07) is 2.66. The Morgan fingerprint density at radius 1 is 1.58 bits per heavy atom. The number of hydrogen-bond donors (Lipinski definition) is 1. The molecule has 3 rings (SSSR count). The predicted octanol–water partition coefficient (Wildman–Crippen LogP) is 4.51. The van der Waals surface area contributed by atoms with Crippen molar-refractivity contribution in [2.45, 2.75) is 50.7 Å². The van der Waals surface area contributed by atoms with Gasteiger partial charge in [-0.3, -0.25) is 0 Å². The molecular weight excluding hydrogens is 322 g/mol. The molecule has 2 fully saturated rings. The van der Waals surface area contributed by atoms with Crippen molar-refractivity contribution < 1.29 is 4.74 Å². The van der Waals surface area contributed by atoms with Crippen molar-refractivity contribution in [2.24, 2.45) is 5.92 Å². The summed E-state index contributed by atoms with van der Waals surface area (Å²) >= 11 is 5.57. The first-order chi connectivity index (χ1) is 9.24. The van der Waals surface area contributed by atoms with E-state index >= 15 is 0 Å². The molecule has 1 aromatic rings. The summed E-state index contributed by atoms with van der Waals surface area (Å²) in [5.74, 6) is 0.712. The van der Waals surface area contributed by atoms with Crippen LogP contribution < -0.4 is 5.32 Å². The maximum Gasteiger partial charge on any atom is 0.0686 e. The highest BCUT2D eigenvalue weighted by Gasteiger charge is 2.44. The lowest BCUT2D eigenvalue weighted by molar-refractivity contribution is -0.147. The monoisotopic (exact) mass is 343 g/mol. The maximum absolute atomic E-state index is 6.07. The normalized spacial score (nSPS) is 27.2. The number of nitrogens with one attached hydrogen (secondary N) is 1. The molecule has 0 radical (unpaired) electrons. The third-order valence-corrected chi connectivity index (χ3v) is 6.57. The van der Waals surface area contributed by atoms with E-state index in [-0.39, 0.29) is 5.60 Å². The molecular formula is C15H22BrNOS. The van der Waals surface area contributed by atoms with Crippen LogP contribution in [0.25, 0.3) is 0 Å². The molecule has 0 bridgehead atoms. The van der Waals surface area contributed by atoms with Gasteiger partial charge in [0, 0.05) is 22.0 Å². The molecule has 2 heterocycles. The van der Waals surface area contributed by atoms with Crippen molar-refractivity contribution >= 4 is 27.3 Å². The summed E-state index contributed by atoms with van der Waals surface area (Å²) in [5, 5.41) is 5.89. The number of hydrogen-bond acceptors (Lipinski definition) is 3. The second kappa shape index (κ2) is 5.84. The fourth-order valence-corrected chi connectivity index (χ4v) is 5.28. The zero-order valence-electron chi connectivity index (χ0n) is 11.5. The van der Waals surface area contributed by atoms with Gasteiger partial charge in [-0.15, -0.1) is 11.3 Å². The van der Waals surface area contributed by atoms with Gasteiger partial charge < -0.3 is 10.1 Å². The summed E-state index contributed by atoms with van der Waals surface area (Å²) in [4.78, 5) is 1.46. The van der Waals surface area contributed by atoms with Gasteiger partial charge in [-0.05, 0) is 71.9 Å². The lowest BCUT2D eigenvalue weighted by Crippen LogP contribution is -2.48. The molecule has 1 aromatic heterocycles. The largest absolute Gasteiger partial charge is 0.375 e. The first kappa shape index (κ1) is 14.1. The van der Waals surface area contributed by atoms with Crippen molar-refractivity contribution in [1.29, 1.82) is 0 Å². The van der Waals surface area contributed by atoms with E-state index in [1.54, 1.807) is 0 Å². The highest BCUT2D eigenvalue weighted by molar-refractivity contribution is 9.10. The second-order valence-corrected chi connectivity index (χ2v) is 7.61. The highest BCUT2D eigenvalue weighted by Crippen LogP contribution is 2.48. The molecule has 1 N–H and O–H groups in total. The van der Waals surface area contributed by atoms with Crippen LogP contribution >= 0.6 is 27.3 Å². The zero-order chi connectivity index (χ0) is 13.3. The van der Waals surface area contributed by atoms with Crippen LogP contribution in [-0.2, 0) is 4.74 Å². The average molecular weight is 344 g/mol. The average Bonchev–Trinajstić information content (AvgIpc) is 2.80. The Bertz CT molecular complexity index is 430. The quantitative estimate of drug-likeness (QED) is 0.868. The molecule has 4 heteroatoms. The second-order valence-electron chi connectivity index (χ2n) is 5.81. The Morgan fingerprint density at radius 3 is 3.00 bits per heavy atom. The highest BCUT2D eigenvalue weighted by atomic mass is 79.9. The molecule has 2 aliphatic rings. The van der Waals surface area contributed by atoms with E-state index in [9.17, 15) is 0 Å². The van der Waals surface area contributed by atoms with Crippen LogP contribution in [0.2, 0.25) is 0 Å². The lowest BCUT2D eigenvalue weighted by Gasteiger charge is -2.48. The Labute approximate surface area is 128 Å². The van der Waals surface area contributed by atoms with Crippen LogP contribution in [-0.4, -0.2) is 18.8 Å². The van der Waals surface area contributed by atoms with E-state index in [4.69, 9.17) is 4.74 Å². The van der Waals surface area contributed by atoms with E-state index in [0.29, 0.717) is 12.0 Å². The van der Waals surface area contributed by atoms with E-state index in [1.807, 2.05) is 11.3 Å². The third kappa shape index (κ3) is 2.78. The van der Waals surface area contributed by atoms with Crippen LogP contribution in [0.3, 0.4) is 0 Å². The first-order valence-electron chi connectivity index (χ1n) is 7.34. The van der Waals surface area contributed by atoms with Crippen LogP contribution in [0.5, 0.6) is 0 Å². The Kier molecular flexibility index (Phi) is 4.32. The molecule has 106 valence electrons. The van der Waals surface area contributed by atoms with Gasteiger partial charge in [-0.25, -0.2) is 0 Å². The summed E-state index contributed by atoms with van der Waals surface area (Å²) in [6.07, 6.45) is 6.31. The predicted molar refractivity (Wildman–Crippen MR) is 83.7 cm³/mol. The standard InChI is InChI=1S/C15H22BrNOS/c1-2-17-13(14-12(16)5-9-19-14)11-4-8-18-15(10-11)6-3-7-15/h5,9,11,13,17H,2-4,6-8,10H2,1H3. The van der Waals surface area contributed by atoms with E-state index < -0.39 is 0 Å². The van der Waals surface area contributed by atoms with Crippen molar-refractivity contribution in [3.05, 3.63) is 20.8 Å². The van der Waals surface area contributed by atoms with Gasteiger partial charge in [-0.1, -0.05) is 6.92 Å².